The SMILES string of the molecule is COc1ccc(NC(=O)COC(=O)/C=C/Sc2ccccc2)c(OC)c1. The van der Waals surface area contributed by atoms with E-state index >= 15 is 0 Å². The van der Waals surface area contributed by atoms with Crippen LogP contribution in [0.4, 0.5) is 5.69 Å². The second kappa shape index (κ2) is 10.1. The number of thioether (sulfide) groups is 1. The van der Waals surface area contributed by atoms with E-state index in [0.717, 1.165) is 4.90 Å². The molecule has 1 amide bonds. The van der Waals surface area contributed by atoms with Crippen molar-refractivity contribution >= 4 is 29.3 Å². The molecule has 0 aromatic heterocycles. The molecule has 0 aliphatic heterocycles. The molecule has 136 valence electrons. The van der Waals surface area contributed by atoms with Gasteiger partial charge < -0.3 is 19.5 Å². The quantitative estimate of drug-likeness (QED) is 0.434. The van der Waals surface area contributed by atoms with Gasteiger partial charge in [-0.2, -0.15) is 0 Å². The van der Waals surface area contributed by atoms with Crippen molar-refractivity contribution in [3.63, 3.8) is 0 Å². The summed E-state index contributed by atoms with van der Waals surface area (Å²) < 4.78 is 15.2. The van der Waals surface area contributed by atoms with Gasteiger partial charge in [-0.05, 0) is 29.7 Å². The molecule has 0 bridgehead atoms. The fourth-order valence-electron chi connectivity index (χ4n) is 1.94. The van der Waals surface area contributed by atoms with Gasteiger partial charge >= 0.3 is 5.97 Å². The lowest BCUT2D eigenvalue weighted by Gasteiger charge is -2.11. The van der Waals surface area contributed by atoms with Crippen LogP contribution in [-0.2, 0) is 14.3 Å². The molecule has 0 fully saturated rings. The first-order valence-corrected chi connectivity index (χ1v) is 8.57. The lowest BCUT2D eigenvalue weighted by atomic mass is 10.2. The summed E-state index contributed by atoms with van der Waals surface area (Å²) in [7, 11) is 3.02. The van der Waals surface area contributed by atoms with E-state index in [1.807, 2.05) is 30.3 Å². The number of esters is 1. The van der Waals surface area contributed by atoms with E-state index in [2.05, 4.69) is 5.32 Å². The topological polar surface area (TPSA) is 73.9 Å². The molecule has 0 aliphatic rings. The van der Waals surface area contributed by atoms with E-state index < -0.39 is 18.5 Å². The number of nitrogens with one attached hydrogen (secondary N) is 1. The van der Waals surface area contributed by atoms with Crippen LogP contribution >= 0.6 is 11.8 Å². The van der Waals surface area contributed by atoms with Gasteiger partial charge in [0.25, 0.3) is 5.91 Å². The van der Waals surface area contributed by atoms with Crippen LogP contribution in [0.3, 0.4) is 0 Å². The zero-order valence-electron chi connectivity index (χ0n) is 14.4. The first-order valence-electron chi connectivity index (χ1n) is 7.69. The fraction of sp³-hybridized carbons (Fsp3) is 0.158. The highest BCUT2D eigenvalue weighted by atomic mass is 32.2. The second-order valence-electron chi connectivity index (χ2n) is 4.96. The van der Waals surface area contributed by atoms with Crippen molar-refractivity contribution in [2.45, 2.75) is 4.90 Å². The molecular formula is C19H19NO5S. The molecule has 2 aromatic carbocycles. The number of carbonyl (C=O) groups excluding carboxylic acids is 2. The fourth-order valence-corrected chi connectivity index (χ4v) is 2.59. The Kier molecular flexibility index (Phi) is 7.57. The Morgan fingerprint density at radius 3 is 2.54 bits per heavy atom. The highest BCUT2D eigenvalue weighted by Crippen LogP contribution is 2.28. The van der Waals surface area contributed by atoms with Gasteiger partial charge in [-0.15, -0.1) is 0 Å². The molecule has 0 aliphatic carbocycles. The van der Waals surface area contributed by atoms with Crippen molar-refractivity contribution in [1.82, 2.24) is 0 Å². The first-order chi connectivity index (χ1) is 12.6. The van der Waals surface area contributed by atoms with E-state index in [-0.39, 0.29) is 0 Å². The summed E-state index contributed by atoms with van der Waals surface area (Å²) in [4.78, 5) is 24.6. The van der Waals surface area contributed by atoms with E-state index in [1.54, 1.807) is 23.6 Å². The van der Waals surface area contributed by atoms with Crippen molar-refractivity contribution in [2.75, 3.05) is 26.1 Å². The van der Waals surface area contributed by atoms with Gasteiger partial charge in [0.2, 0.25) is 0 Å². The molecule has 0 spiro atoms. The maximum Gasteiger partial charge on any atom is 0.331 e. The van der Waals surface area contributed by atoms with E-state index in [1.165, 1.54) is 32.1 Å². The van der Waals surface area contributed by atoms with Crippen LogP contribution in [0, 0.1) is 0 Å². The van der Waals surface area contributed by atoms with Gasteiger partial charge in [0.05, 0.1) is 19.9 Å². The third kappa shape index (κ3) is 6.18. The summed E-state index contributed by atoms with van der Waals surface area (Å²) in [5, 5.41) is 4.24. The molecule has 26 heavy (non-hydrogen) atoms. The van der Waals surface area contributed by atoms with Crippen molar-refractivity contribution in [2.24, 2.45) is 0 Å². The van der Waals surface area contributed by atoms with Crippen LogP contribution < -0.4 is 14.8 Å². The zero-order valence-corrected chi connectivity index (χ0v) is 15.2. The Morgan fingerprint density at radius 1 is 1.08 bits per heavy atom. The van der Waals surface area contributed by atoms with Crippen LogP contribution in [0.2, 0.25) is 0 Å². The number of amides is 1. The average molecular weight is 373 g/mol. The Morgan fingerprint density at radius 2 is 1.85 bits per heavy atom. The Bertz CT molecular complexity index is 777. The van der Waals surface area contributed by atoms with E-state index in [0.29, 0.717) is 17.2 Å². The number of ether oxygens (including phenoxy) is 3. The number of anilines is 1. The van der Waals surface area contributed by atoms with Crippen molar-refractivity contribution in [3.8, 4) is 11.5 Å². The predicted octanol–water partition coefficient (Wildman–Crippen LogP) is 3.49. The van der Waals surface area contributed by atoms with Crippen LogP contribution in [0.25, 0.3) is 0 Å². The van der Waals surface area contributed by atoms with Crippen LogP contribution in [-0.4, -0.2) is 32.7 Å². The molecule has 0 heterocycles. The van der Waals surface area contributed by atoms with Crippen molar-refractivity contribution < 1.29 is 23.8 Å². The second-order valence-corrected chi connectivity index (χ2v) is 5.94. The molecule has 0 radical (unpaired) electrons. The Hall–Kier alpha value is -2.93. The molecule has 1 N–H and O–H groups in total. The Balaban J connectivity index is 1.80. The van der Waals surface area contributed by atoms with E-state index in [4.69, 9.17) is 14.2 Å². The largest absolute Gasteiger partial charge is 0.497 e. The van der Waals surface area contributed by atoms with Gasteiger partial charge in [0.1, 0.15) is 11.5 Å². The highest BCUT2D eigenvalue weighted by Gasteiger charge is 2.10. The molecule has 0 unspecified atom stereocenters. The molecule has 0 saturated heterocycles. The minimum Gasteiger partial charge on any atom is -0.497 e. The minimum absolute atomic E-state index is 0.394. The van der Waals surface area contributed by atoms with Crippen LogP contribution in [0.15, 0.2) is 64.9 Å². The molecule has 0 saturated carbocycles. The zero-order chi connectivity index (χ0) is 18.8. The standard InChI is InChI=1S/C19H19NO5S/c1-23-14-8-9-16(17(12-14)24-2)20-18(21)13-25-19(22)10-11-26-15-6-4-3-5-7-15/h3-12H,13H2,1-2H3,(H,20,21)/b11-10+. The lowest BCUT2D eigenvalue weighted by molar-refractivity contribution is -0.142. The third-order valence-electron chi connectivity index (χ3n) is 3.18. The van der Waals surface area contributed by atoms with Crippen molar-refractivity contribution in [3.05, 3.63) is 60.0 Å². The molecular weight excluding hydrogens is 354 g/mol. The molecule has 6 nitrogen and oxygen atoms in total. The normalized spacial score (nSPS) is 10.4. The lowest BCUT2D eigenvalue weighted by Crippen LogP contribution is -2.20. The summed E-state index contributed by atoms with van der Waals surface area (Å²) in [6.07, 6.45) is 1.28. The molecule has 2 rings (SSSR count). The maximum atomic E-state index is 11.9. The number of carbonyl (C=O) groups is 2. The summed E-state index contributed by atoms with van der Waals surface area (Å²) in [5.74, 6) is -0.00767. The van der Waals surface area contributed by atoms with Gasteiger partial charge in [0, 0.05) is 17.0 Å². The number of rotatable bonds is 8. The predicted molar refractivity (Wildman–Crippen MR) is 101 cm³/mol. The Labute approximate surface area is 156 Å². The van der Waals surface area contributed by atoms with Gasteiger partial charge in [0.15, 0.2) is 6.61 Å². The number of benzene rings is 2. The van der Waals surface area contributed by atoms with Gasteiger partial charge in [-0.3, -0.25) is 4.79 Å². The summed E-state index contributed by atoms with van der Waals surface area (Å²) in [6.45, 7) is -0.394. The summed E-state index contributed by atoms with van der Waals surface area (Å²) in [5.41, 5.74) is 0.463. The van der Waals surface area contributed by atoms with E-state index in [9.17, 15) is 9.59 Å². The molecule has 0 atom stereocenters. The molecule has 2 aromatic rings. The van der Waals surface area contributed by atoms with Gasteiger partial charge in [-0.25, -0.2) is 4.79 Å². The summed E-state index contributed by atoms with van der Waals surface area (Å²) in [6, 6.07) is 14.6. The van der Waals surface area contributed by atoms with Gasteiger partial charge in [-0.1, -0.05) is 30.0 Å². The highest BCUT2D eigenvalue weighted by molar-refractivity contribution is 8.02. The monoisotopic (exact) mass is 373 g/mol. The third-order valence-corrected chi connectivity index (χ3v) is 4.00. The smallest absolute Gasteiger partial charge is 0.331 e. The first kappa shape index (κ1) is 19.4. The number of methoxy groups -OCH3 is 2. The van der Waals surface area contributed by atoms with Crippen LogP contribution in [0.1, 0.15) is 0 Å². The van der Waals surface area contributed by atoms with Crippen LogP contribution in [0.5, 0.6) is 11.5 Å². The molecule has 7 heteroatoms. The minimum atomic E-state index is -0.592. The maximum absolute atomic E-state index is 11.9. The van der Waals surface area contributed by atoms with Crippen molar-refractivity contribution in [1.29, 1.82) is 0 Å². The number of hydrogen-bond donors (Lipinski definition) is 1. The summed E-state index contributed by atoms with van der Waals surface area (Å²) >= 11 is 1.38. The average Bonchev–Trinajstić information content (AvgIpc) is 2.67. The number of hydrogen-bond acceptors (Lipinski definition) is 6.